The highest BCUT2D eigenvalue weighted by molar-refractivity contribution is 9.10. The van der Waals surface area contributed by atoms with Crippen LogP contribution < -0.4 is 0 Å². The lowest BCUT2D eigenvalue weighted by Gasteiger charge is -2.08. The summed E-state index contributed by atoms with van der Waals surface area (Å²) >= 11 is 3.43. The van der Waals surface area contributed by atoms with Crippen molar-refractivity contribution in [1.82, 2.24) is 0 Å². The second-order valence-electron chi connectivity index (χ2n) is 5.36. The van der Waals surface area contributed by atoms with Crippen molar-refractivity contribution < 1.29 is 5.11 Å². The van der Waals surface area contributed by atoms with Crippen LogP contribution in [0.25, 0.3) is 10.8 Å². The molecule has 0 unspecified atom stereocenters. The van der Waals surface area contributed by atoms with Crippen LogP contribution in [0, 0.1) is 13.8 Å². The third-order valence-corrected chi connectivity index (χ3v) is 4.83. The van der Waals surface area contributed by atoms with Crippen LogP contribution in [0.3, 0.4) is 0 Å². The number of aryl methyl sites for hydroxylation is 1. The highest BCUT2D eigenvalue weighted by Gasteiger charge is 2.09. The van der Waals surface area contributed by atoms with E-state index in [1.54, 1.807) is 6.21 Å². The monoisotopic (exact) mass is 353 g/mol. The van der Waals surface area contributed by atoms with Crippen LogP contribution in [0.5, 0.6) is 5.75 Å². The van der Waals surface area contributed by atoms with Crippen LogP contribution >= 0.6 is 15.9 Å². The molecule has 0 saturated heterocycles. The summed E-state index contributed by atoms with van der Waals surface area (Å²) in [6.45, 7) is 4.00. The van der Waals surface area contributed by atoms with E-state index in [0.29, 0.717) is 5.56 Å². The molecule has 1 N–H and O–H groups in total. The topological polar surface area (TPSA) is 32.6 Å². The minimum absolute atomic E-state index is 0.229. The Morgan fingerprint density at radius 3 is 2.50 bits per heavy atom. The van der Waals surface area contributed by atoms with Gasteiger partial charge in [-0.05, 0) is 69.9 Å². The van der Waals surface area contributed by atoms with Crippen molar-refractivity contribution in [3.05, 3.63) is 69.7 Å². The van der Waals surface area contributed by atoms with Gasteiger partial charge >= 0.3 is 0 Å². The zero-order valence-corrected chi connectivity index (χ0v) is 14.1. The first kappa shape index (κ1) is 14.8. The van der Waals surface area contributed by atoms with E-state index in [2.05, 4.69) is 39.1 Å². The summed E-state index contributed by atoms with van der Waals surface area (Å²) in [7, 11) is 0. The van der Waals surface area contributed by atoms with Gasteiger partial charge in [0.25, 0.3) is 0 Å². The predicted octanol–water partition coefficient (Wildman–Crippen LogP) is 5.68. The van der Waals surface area contributed by atoms with E-state index < -0.39 is 0 Å². The lowest BCUT2D eigenvalue weighted by Crippen LogP contribution is -1.90. The van der Waals surface area contributed by atoms with E-state index in [4.69, 9.17) is 0 Å². The first-order valence-electron chi connectivity index (χ1n) is 7.08. The number of phenols is 1. The second-order valence-corrected chi connectivity index (χ2v) is 6.15. The Morgan fingerprint density at radius 1 is 1.00 bits per heavy atom. The van der Waals surface area contributed by atoms with Crippen molar-refractivity contribution >= 4 is 38.6 Å². The third kappa shape index (κ3) is 2.77. The van der Waals surface area contributed by atoms with Crippen LogP contribution in [-0.2, 0) is 0 Å². The van der Waals surface area contributed by atoms with Gasteiger partial charge in [-0.15, -0.1) is 0 Å². The third-order valence-electron chi connectivity index (χ3n) is 3.86. The predicted molar refractivity (Wildman–Crippen MR) is 96.5 cm³/mol. The van der Waals surface area contributed by atoms with E-state index in [0.717, 1.165) is 26.7 Å². The molecule has 0 bridgehead atoms. The number of hydrogen-bond donors (Lipinski definition) is 1. The minimum atomic E-state index is 0.229. The molecule has 0 aliphatic carbocycles. The Labute approximate surface area is 138 Å². The molecule has 0 aliphatic heterocycles. The molecule has 0 heterocycles. The largest absolute Gasteiger partial charge is 0.506 e. The Morgan fingerprint density at radius 2 is 1.73 bits per heavy atom. The van der Waals surface area contributed by atoms with Crippen molar-refractivity contribution in [2.75, 3.05) is 0 Å². The number of benzene rings is 3. The van der Waals surface area contributed by atoms with E-state index in [-0.39, 0.29) is 5.75 Å². The van der Waals surface area contributed by atoms with Crippen LogP contribution in [-0.4, -0.2) is 11.3 Å². The quantitative estimate of drug-likeness (QED) is 0.591. The first-order chi connectivity index (χ1) is 10.6. The summed E-state index contributed by atoms with van der Waals surface area (Å²) < 4.78 is 0.729. The maximum Gasteiger partial charge on any atom is 0.138 e. The average Bonchev–Trinajstić information content (AvgIpc) is 2.55. The molecule has 0 spiro atoms. The standard InChI is InChI=1S/C19H16BrNO/c1-12-9-16(19(22)18(20)13(12)2)11-21-17-8-7-14-5-3-4-6-15(14)10-17/h3-11,22H,1-2H3. The number of aromatic hydroxyl groups is 1. The first-order valence-corrected chi connectivity index (χ1v) is 7.87. The summed E-state index contributed by atoms with van der Waals surface area (Å²) in [5.41, 5.74) is 3.74. The Kier molecular flexibility index (Phi) is 3.99. The van der Waals surface area contributed by atoms with Gasteiger partial charge in [-0.2, -0.15) is 0 Å². The summed E-state index contributed by atoms with van der Waals surface area (Å²) in [4.78, 5) is 4.49. The molecule has 0 saturated carbocycles. The Balaban J connectivity index is 1.99. The van der Waals surface area contributed by atoms with E-state index in [1.165, 1.54) is 5.39 Å². The SMILES string of the molecule is Cc1cc(C=Nc2ccc3ccccc3c2)c(O)c(Br)c1C. The molecule has 2 nitrogen and oxygen atoms in total. The molecule has 110 valence electrons. The van der Waals surface area contributed by atoms with Gasteiger partial charge < -0.3 is 5.11 Å². The number of phenolic OH excluding ortho intramolecular Hbond substituents is 1. The van der Waals surface area contributed by atoms with E-state index in [9.17, 15) is 5.11 Å². The maximum absolute atomic E-state index is 10.2. The van der Waals surface area contributed by atoms with Gasteiger partial charge in [0.15, 0.2) is 0 Å². The number of hydrogen-bond acceptors (Lipinski definition) is 2. The van der Waals surface area contributed by atoms with Crippen LogP contribution in [0.4, 0.5) is 5.69 Å². The molecule has 3 heteroatoms. The lowest BCUT2D eigenvalue weighted by molar-refractivity contribution is 0.470. The highest BCUT2D eigenvalue weighted by Crippen LogP contribution is 2.32. The molecule has 0 radical (unpaired) electrons. The zero-order valence-electron chi connectivity index (χ0n) is 12.5. The van der Waals surface area contributed by atoms with Crippen molar-refractivity contribution in [3.8, 4) is 5.75 Å². The van der Waals surface area contributed by atoms with Gasteiger partial charge in [0, 0.05) is 11.8 Å². The fourth-order valence-corrected chi connectivity index (χ4v) is 2.93. The summed E-state index contributed by atoms with van der Waals surface area (Å²) in [5.74, 6) is 0.229. The number of rotatable bonds is 2. The fourth-order valence-electron chi connectivity index (χ4n) is 2.39. The number of halogens is 1. The van der Waals surface area contributed by atoms with E-state index in [1.807, 2.05) is 44.2 Å². The molecule has 3 rings (SSSR count). The number of aliphatic imine (C=N–C) groups is 1. The van der Waals surface area contributed by atoms with Gasteiger partial charge in [0.05, 0.1) is 10.2 Å². The average molecular weight is 354 g/mol. The van der Waals surface area contributed by atoms with Gasteiger partial charge in [-0.3, -0.25) is 4.99 Å². The van der Waals surface area contributed by atoms with Crippen LogP contribution in [0.2, 0.25) is 0 Å². The summed E-state index contributed by atoms with van der Waals surface area (Å²) in [6.07, 6.45) is 1.70. The molecule has 0 aromatic heterocycles. The molecule has 3 aromatic rings. The van der Waals surface area contributed by atoms with Crippen molar-refractivity contribution in [3.63, 3.8) is 0 Å². The zero-order chi connectivity index (χ0) is 15.7. The number of nitrogens with zero attached hydrogens (tertiary/aromatic N) is 1. The van der Waals surface area contributed by atoms with Gasteiger partial charge in [0.2, 0.25) is 0 Å². The van der Waals surface area contributed by atoms with Crippen molar-refractivity contribution in [2.45, 2.75) is 13.8 Å². The minimum Gasteiger partial charge on any atom is -0.506 e. The highest BCUT2D eigenvalue weighted by atomic mass is 79.9. The van der Waals surface area contributed by atoms with Crippen molar-refractivity contribution in [2.24, 2.45) is 4.99 Å². The molecule has 0 atom stereocenters. The van der Waals surface area contributed by atoms with Gasteiger partial charge in [0.1, 0.15) is 5.75 Å². The molecule has 0 aliphatic rings. The molecular formula is C19H16BrNO. The molecule has 22 heavy (non-hydrogen) atoms. The molecule has 0 fully saturated rings. The Hall–Kier alpha value is -2.13. The maximum atomic E-state index is 10.2. The molecule has 3 aromatic carbocycles. The second kappa shape index (κ2) is 5.93. The van der Waals surface area contributed by atoms with Crippen LogP contribution in [0.1, 0.15) is 16.7 Å². The fraction of sp³-hybridized carbons (Fsp3) is 0.105. The van der Waals surface area contributed by atoms with Crippen molar-refractivity contribution in [1.29, 1.82) is 0 Å². The smallest absolute Gasteiger partial charge is 0.138 e. The summed E-state index contributed by atoms with van der Waals surface area (Å²) in [6, 6.07) is 16.2. The van der Waals surface area contributed by atoms with E-state index >= 15 is 0 Å². The summed E-state index contributed by atoms with van der Waals surface area (Å²) in [5, 5.41) is 12.6. The lowest BCUT2D eigenvalue weighted by atomic mass is 10.1. The molecule has 0 amide bonds. The Bertz CT molecular complexity index is 884. The normalized spacial score (nSPS) is 11.4. The number of fused-ring (bicyclic) bond motifs is 1. The van der Waals surface area contributed by atoms with Gasteiger partial charge in [-0.1, -0.05) is 30.3 Å². The van der Waals surface area contributed by atoms with Gasteiger partial charge in [-0.25, -0.2) is 0 Å². The van der Waals surface area contributed by atoms with Crippen LogP contribution in [0.15, 0.2) is 58.0 Å². The molecular weight excluding hydrogens is 338 g/mol.